The number of halogens is 2. The molecular weight excluding hydrogens is 245 g/mol. The van der Waals surface area contributed by atoms with Crippen molar-refractivity contribution in [1.82, 2.24) is 4.98 Å². The largest absolute Gasteiger partial charge is 0.260 e. The monoisotopic (exact) mass is 257 g/mol. The second-order valence-corrected chi connectivity index (χ2v) is 6.10. The molecule has 16 heavy (non-hydrogen) atoms. The van der Waals surface area contributed by atoms with Crippen LogP contribution < -0.4 is 0 Å². The van der Waals surface area contributed by atoms with E-state index >= 15 is 0 Å². The van der Waals surface area contributed by atoms with Gasteiger partial charge in [0.05, 0.1) is 16.1 Å². The lowest BCUT2D eigenvalue weighted by Gasteiger charge is -2.06. The van der Waals surface area contributed by atoms with Crippen LogP contribution in [0.15, 0.2) is 17.3 Å². The molecule has 0 spiro atoms. The number of pyridine rings is 1. The van der Waals surface area contributed by atoms with Gasteiger partial charge >= 0.3 is 0 Å². The van der Waals surface area contributed by atoms with E-state index < -0.39 is 0 Å². The van der Waals surface area contributed by atoms with Crippen LogP contribution in [0.5, 0.6) is 0 Å². The lowest BCUT2D eigenvalue weighted by molar-refractivity contribution is 0.594. The zero-order valence-corrected chi connectivity index (χ0v) is 10.4. The van der Waals surface area contributed by atoms with Crippen molar-refractivity contribution in [2.24, 2.45) is 17.8 Å². The molecule has 4 heteroatoms. The van der Waals surface area contributed by atoms with Gasteiger partial charge in [0.1, 0.15) is 0 Å². The van der Waals surface area contributed by atoms with Crippen molar-refractivity contribution in [1.29, 1.82) is 0 Å². The van der Waals surface area contributed by atoms with Crippen molar-refractivity contribution >= 4 is 23.4 Å². The molecule has 0 radical (unpaired) electrons. The van der Waals surface area contributed by atoms with E-state index in [4.69, 9.17) is 11.6 Å². The summed E-state index contributed by atoms with van der Waals surface area (Å²) in [5.74, 6) is 3.38. The summed E-state index contributed by atoms with van der Waals surface area (Å²) in [5, 5.41) is 0.441. The number of hydrogen-bond donors (Lipinski definition) is 0. The molecule has 0 N–H and O–H groups in total. The van der Waals surface area contributed by atoms with Crippen LogP contribution in [0.4, 0.5) is 4.39 Å². The molecule has 3 rings (SSSR count). The van der Waals surface area contributed by atoms with Crippen LogP contribution in [0, 0.1) is 23.6 Å². The van der Waals surface area contributed by atoms with Gasteiger partial charge in [0, 0.05) is 11.9 Å². The second kappa shape index (κ2) is 4.19. The van der Waals surface area contributed by atoms with Gasteiger partial charge < -0.3 is 0 Å². The van der Waals surface area contributed by atoms with E-state index in [1.807, 2.05) is 0 Å². The Labute approximate surface area is 104 Å². The van der Waals surface area contributed by atoms with Crippen LogP contribution in [-0.4, -0.2) is 10.7 Å². The van der Waals surface area contributed by atoms with Gasteiger partial charge in [-0.2, -0.15) is 0 Å². The standard InChI is InChI=1S/C12H13ClFNS/c13-10-4-15-5-11(14)12(10)16-6-9-7-2-1-3-8(7)9/h4-5,7-9H,1-3,6H2. The fourth-order valence-corrected chi connectivity index (χ4v) is 4.48. The molecule has 2 atom stereocenters. The zero-order valence-electron chi connectivity index (χ0n) is 8.83. The minimum atomic E-state index is -0.289. The molecular formula is C12H13ClFNS. The zero-order chi connectivity index (χ0) is 11.1. The predicted octanol–water partition coefficient (Wildman–Crippen LogP) is 4.01. The molecule has 1 aromatic heterocycles. The Morgan fingerprint density at radius 1 is 1.38 bits per heavy atom. The first-order valence-electron chi connectivity index (χ1n) is 5.69. The molecule has 86 valence electrons. The number of hydrogen-bond acceptors (Lipinski definition) is 2. The summed E-state index contributed by atoms with van der Waals surface area (Å²) in [7, 11) is 0. The fourth-order valence-electron chi connectivity index (χ4n) is 2.93. The van der Waals surface area contributed by atoms with Gasteiger partial charge in [-0.3, -0.25) is 4.98 Å². The minimum absolute atomic E-state index is 0.289. The van der Waals surface area contributed by atoms with Gasteiger partial charge in [0.15, 0.2) is 5.82 Å². The van der Waals surface area contributed by atoms with E-state index in [2.05, 4.69) is 4.98 Å². The van der Waals surface area contributed by atoms with Gasteiger partial charge in [-0.15, -0.1) is 11.8 Å². The molecule has 1 aromatic rings. The second-order valence-electron chi connectivity index (χ2n) is 4.67. The van der Waals surface area contributed by atoms with Crippen molar-refractivity contribution in [2.75, 3.05) is 5.75 Å². The Morgan fingerprint density at radius 3 is 2.81 bits per heavy atom. The van der Waals surface area contributed by atoms with Crippen molar-refractivity contribution < 1.29 is 4.39 Å². The topological polar surface area (TPSA) is 12.9 Å². The highest BCUT2D eigenvalue weighted by Gasteiger charge is 2.51. The van der Waals surface area contributed by atoms with Crippen LogP contribution in [0.3, 0.4) is 0 Å². The molecule has 0 aliphatic heterocycles. The maximum Gasteiger partial charge on any atom is 0.156 e. The third kappa shape index (κ3) is 1.84. The summed E-state index contributed by atoms with van der Waals surface area (Å²) < 4.78 is 13.4. The molecule has 2 aliphatic rings. The Bertz CT molecular complexity index is 382. The third-order valence-electron chi connectivity index (χ3n) is 3.81. The number of fused-ring (bicyclic) bond motifs is 1. The number of aromatic nitrogens is 1. The highest BCUT2D eigenvalue weighted by atomic mass is 35.5. The fraction of sp³-hybridized carbons (Fsp3) is 0.583. The summed E-state index contributed by atoms with van der Waals surface area (Å²) in [6.07, 6.45) is 6.90. The van der Waals surface area contributed by atoms with Crippen LogP contribution >= 0.6 is 23.4 Å². The average molecular weight is 258 g/mol. The summed E-state index contributed by atoms with van der Waals surface area (Å²) in [6, 6.07) is 0. The first-order valence-corrected chi connectivity index (χ1v) is 7.05. The highest BCUT2D eigenvalue weighted by molar-refractivity contribution is 7.99. The van der Waals surface area contributed by atoms with Crippen LogP contribution in [-0.2, 0) is 0 Å². The molecule has 1 heterocycles. The molecule has 2 saturated carbocycles. The minimum Gasteiger partial charge on any atom is -0.260 e. The summed E-state index contributed by atoms with van der Waals surface area (Å²) >= 11 is 7.48. The number of thioether (sulfide) groups is 1. The maximum absolute atomic E-state index is 13.4. The SMILES string of the molecule is Fc1cncc(Cl)c1SCC1C2CCCC21. The molecule has 2 fully saturated rings. The molecule has 2 aliphatic carbocycles. The van der Waals surface area contributed by atoms with Crippen molar-refractivity contribution in [3.63, 3.8) is 0 Å². The number of rotatable bonds is 3. The normalized spacial score (nSPS) is 31.5. The first-order chi connectivity index (χ1) is 7.77. The van der Waals surface area contributed by atoms with Gasteiger partial charge in [-0.1, -0.05) is 18.0 Å². The van der Waals surface area contributed by atoms with Crippen LogP contribution in [0.1, 0.15) is 19.3 Å². The Kier molecular flexibility index (Phi) is 2.84. The molecule has 2 unspecified atom stereocenters. The lowest BCUT2D eigenvalue weighted by Crippen LogP contribution is -1.93. The quantitative estimate of drug-likeness (QED) is 0.759. The van der Waals surface area contributed by atoms with Crippen molar-refractivity contribution in [2.45, 2.75) is 24.2 Å². The van der Waals surface area contributed by atoms with Gasteiger partial charge in [0.25, 0.3) is 0 Å². The van der Waals surface area contributed by atoms with Crippen molar-refractivity contribution in [3.8, 4) is 0 Å². The van der Waals surface area contributed by atoms with E-state index in [9.17, 15) is 4.39 Å². The molecule has 0 saturated heterocycles. The summed E-state index contributed by atoms with van der Waals surface area (Å²) in [4.78, 5) is 4.30. The Balaban J connectivity index is 1.63. The average Bonchev–Trinajstić information content (AvgIpc) is 2.72. The smallest absolute Gasteiger partial charge is 0.156 e. The molecule has 1 nitrogen and oxygen atoms in total. The first kappa shape index (κ1) is 10.8. The van der Waals surface area contributed by atoms with Crippen LogP contribution in [0.25, 0.3) is 0 Å². The van der Waals surface area contributed by atoms with Gasteiger partial charge in [-0.05, 0) is 30.6 Å². The maximum atomic E-state index is 13.4. The predicted molar refractivity (Wildman–Crippen MR) is 64.3 cm³/mol. The summed E-state index contributed by atoms with van der Waals surface area (Å²) in [6.45, 7) is 0. The van der Waals surface area contributed by atoms with Gasteiger partial charge in [0.2, 0.25) is 0 Å². The Morgan fingerprint density at radius 2 is 2.12 bits per heavy atom. The summed E-state index contributed by atoms with van der Waals surface area (Å²) in [5.41, 5.74) is 0. The highest BCUT2D eigenvalue weighted by Crippen LogP contribution is 2.59. The van der Waals surface area contributed by atoms with E-state index in [0.29, 0.717) is 9.92 Å². The van der Waals surface area contributed by atoms with E-state index in [1.54, 1.807) is 11.8 Å². The van der Waals surface area contributed by atoms with E-state index in [0.717, 1.165) is 23.5 Å². The van der Waals surface area contributed by atoms with E-state index in [-0.39, 0.29) is 5.82 Å². The van der Waals surface area contributed by atoms with Gasteiger partial charge in [-0.25, -0.2) is 4.39 Å². The van der Waals surface area contributed by atoms with Crippen LogP contribution in [0.2, 0.25) is 5.02 Å². The Hall–Kier alpha value is -0.280. The molecule has 0 amide bonds. The van der Waals surface area contributed by atoms with Crippen molar-refractivity contribution in [3.05, 3.63) is 23.2 Å². The molecule has 0 aromatic carbocycles. The molecule has 0 bridgehead atoms. The lowest BCUT2D eigenvalue weighted by atomic mass is 10.2. The van der Waals surface area contributed by atoms with E-state index in [1.165, 1.54) is 31.7 Å². The number of nitrogens with zero attached hydrogens (tertiary/aromatic N) is 1. The third-order valence-corrected chi connectivity index (χ3v) is 5.47.